The third-order valence-corrected chi connectivity index (χ3v) is 4.27. The summed E-state index contributed by atoms with van der Waals surface area (Å²) in [7, 11) is 0. The number of carbonyl (C=O) groups excluding carboxylic acids is 2. The molecule has 0 unspecified atom stereocenters. The zero-order valence-corrected chi connectivity index (χ0v) is 14.4. The lowest BCUT2D eigenvalue weighted by Gasteiger charge is -2.32. The van der Waals surface area contributed by atoms with Crippen LogP contribution in [0.15, 0.2) is 24.3 Å². The van der Waals surface area contributed by atoms with Crippen LogP contribution in [-0.2, 0) is 11.3 Å². The number of likely N-dealkylation sites (tertiary alicyclic amines) is 1. The minimum Gasteiger partial charge on any atom is -0.352 e. The zero-order valence-electron chi connectivity index (χ0n) is 13.6. The monoisotopic (exact) mass is 337 g/mol. The quantitative estimate of drug-likeness (QED) is 0.887. The van der Waals surface area contributed by atoms with Gasteiger partial charge in [-0.3, -0.25) is 4.79 Å². The third kappa shape index (κ3) is 5.13. The van der Waals surface area contributed by atoms with Crippen molar-refractivity contribution < 1.29 is 9.59 Å². The number of halogens is 1. The lowest BCUT2D eigenvalue weighted by atomic mass is 9.97. The van der Waals surface area contributed by atoms with E-state index in [0.717, 1.165) is 18.4 Å². The molecular formula is C17H24ClN3O2. The zero-order chi connectivity index (χ0) is 16.8. The van der Waals surface area contributed by atoms with Crippen molar-refractivity contribution in [1.82, 2.24) is 15.5 Å². The first-order chi connectivity index (χ1) is 11.0. The van der Waals surface area contributed by atoms with E-state index < -0.39 is 0 Å². The summed E-state index contributed by atoms with van der Waals surface area (Å²) in [5.74, 6) is -0.184. The third-order valence-electron chi connectivity index (χ3n) is 3.90. The topological polar surface area (TPSA) is 61.4 Å². The number of nitrogens with one attached hydrogen (secondary N) is 2. The van der Waals surface area contributed by atoms with Crippen molar-refractivity contribution in [2.45, 2.75) is 39.3 Å². The van der Waals surface area contributed by atoms with Gasteiger partial charge in [0.15, 0.2) is 0 Å². The molecule has 0 spiro atoms. The normalized spacial score (nSPS) is 17.9. The predicted molar refractivity (Wildman–Crippen MR) is 91.3 cm³/mol. The van der Waals surface area contributed by atoms with Crippen molar-refractivity contribution in [2.24, 2.45) is 5.92 Å². The number of urea groups is 1. The van der Waals surface area contributed by atoms with Crippen LogP contribution in [0.1, 0.15) is 32.3 Å². The average molecular weight is 338 g/mol. The van der Waals surface area contributed by atoms with Crippen LogP contribution in [0.25, 0.3) is 0 Å². The molecule has 1 aromatic carbocycles. The molecule has 5 nitrogen and oxygen atoms in total. The number of rotatable bonds is 4. The fraction of sp³-hybridized carbons (Fsp3) is 0.529. The lowest BCUT2D eigenvalue weighted by Crippen LogP contribution is -2.50. The van der Waals surface area contributed by atoms with Crippen LogP contribution in [0.5, 0.6) is 0 Å². The summed E-state index contributed by atoms with van der Waals surface area (Å²) >= 11 is 6.09. The molecule has 2 N–H and O–H groups in total. The summed E-state index contributed by atoms with van der Waals surface area (Å²) in [5, 5.41) is 6.45. The Labute approximate surface area is 142 Å². The average Bonchev–Trinajstić information content (AvgIpc) is 2.53. The molecule has 6 heteroatoms. The van der Waals surface area contributed by atoms with Crippen LogP contribution in [0.2, 0.25) is 5.02 Å². The van der Waals surface area contributed by atoms with E-state index in [1.54, 1.807) is 4.90 Å². The standard InChI is InChI=1S/C17H24ClN3O2/c1-12(2)20-17(23)21-9-5-7-14(11-21)16(22)19-10-13-6-3-4-8-15(13)18/h3-4,6,8,12,14H,5,7,9-11H2,1-2H3,(H,19,22)(H,20,23)/t14-/m0/s1. The Morgan fingerprint density at radius 3 is 2.78 bits per heavy atom. The lowest BCUT2D eigenvalue weighted by molar-refractivity contribution is -0.126. The maximum atomic E-state index is 12.4. The Kier molecular flexibility index (Phi) is 6.28. The first kappa shape index (κ1) is 17.6. The van der Waals surface area contributed by atoms with Crippen molar-refractivity contribution in [3.8, 4) is 0 Å². The molecule has 0 aliphatic carbocycles. The first-order valence-corrected chi connectivity index (χ1v) is 8.41. The number of carbonyl (C=O) groups is 2. The fourth-order valence-electron chi connectivity index (χ4n) is 2.68. The molecule has 1 aliphatic heterocycles. The highest BCUT2D eigenvalue weighted by atomic mass is 35.5. The van der Waals surface area contributed by atoms with Gasteiger partial charge in [0.1, 0.15) is 0 Å². The molecule has 126 valence electrons. The summed E-state index contributed by atoms with van der Waals surface area (Å²) < 4.78 is 0. The largest absolute Gasteiger partial charge is 0.352 e. The van der Waals surface area contributed by atoms with E-state index in [0.29, 0.717) is 24.7 Å². The number of hydrogen-bond acceptors (Lipinski definition) is 2. The van der Waals surface area contributed by atoms with Gasteiger partial charge >= 0.3 is 6.03 Å². The molecule has 1 aliphatic rings. The van der Waals surface area contributed by atoms with Gasteiger partial charge in [0.25, 0.3) is 0 Å². The molecule has 1 atom stereocenters. The van der Waals surface area contributed by atoms with Crippen molar-refractivity contribution in [1.29, 1.82) is 0 Å². The molecule has 0 bridgehead atoms. The molecule has 1 fully saturated rings. The van der Waals surface area contributed by atoms with Gasteiger partial charge in [-0.05, 0) is 38.3 Å². The van der Waals surface area contributed by atoms with Crippen LogP contribution in [0.4, 0.5) is 4.79 Å². The summed E-state index contributed by atoms with van der Waals surface area (Å²) in [6, 6.07) is 7.46. The number of hydrogen-bond donors (Lipinski definition) is 2. The first-order valence-electron chi connectivity index (χ1n) is 8.04. The second-order valence-corrected chi connectivity index (χ2v) is 6.61. The second kappa shape index (κ2) is 8.20. The minimum absolute atomic E-state index is 0.0213. The molecule has 23 heavy (non-hydrogen) atoms. The van der Waals surface area contributed by atoms with E-state index in [-0.39, 0.29) is 23.9 Å². The molecule has 1 aromatic rings. The highest BCUT2D eigenvalue weighted by Crippen LogP contribution is 2.18. The maximum absolute atomic E-state index is 12.4. The Morgan fingerprint density at radius 1 is 1.35 bits per heavy atom. The molecule has 0 aromatic heterocycles. The number of piperidine rings is 1. The van der Waals surface area contributed by atoms with Gasteiger partial charge < -0.3 is 15.5 Å². The van der Waals surface area contributed by atoms with Gasteiger partial charge in [-0.25, -0.2) is 4.79 Å². The fourth-order valence-corrected chi connectivity index (χ4v) is 2.88. The molecular weight excluding hydrogens is 314 g/mol. The highest BCUT2D eigenvalue weighted by molar-refractivity contribution is 6.31. The molecule has 1 heterocycles. The number of benzene rings is 1. The Morgan fingerprint density at radius 2 is 2.09 bits per heavy atom. The highest BCUT2D eigenvalue weighted by Gasteiger charge is 2.28. The summed E-state index contributed by atoms with van der Waals surface area (Å²) in [4.78, 5) is 26.2. The van der Waals surface area contributed by atoms with Crippen LogP contribution in [0, 0.1) is 5.92 Å². The summed E-state index contributed by atoms with van der Waals surface area (Å²) in [6.45, 7) is 5.43. The number of nitrogens with zero attached hydrogens (tertiary/aromatic N) is 1. The van der Waals surface area contributed by atoms with Gasteiger partial charge in [-0.1, -0.05) is 29.8 Å². The van der Waals surface area contributed by atoms with E-state index in [2.05, 4.69) is 10.6 Å². The van der Waals surface area contributed by atoms with Gasteiger partial charge in [-0.2, -0.15) is 0 Å². The van der Waals surface area contributed by atoms with E-state index in [9.17, 15) is 9.59 Å². The molecule has 3 amide bonds. The Balaban J connectivity index is 1.87. The molecule has 0 radical (unpaired) electrons. The summed E-state index contributed by atoms with van der Waals surface area (Å²) in [5.41, 5.74) is 0.896. The van der Waals surface area contributed by atoms with Crippen molar-refractivity contribution in [3.63, 3.8) is 0 Å². The molecule has 1 saturated heterocycles. The van der Waals surface area contributed by atoms with Gasteiger partial charge in [0.05, 0.1) is 5.92 Å². The molecule has 2 rings (SSSR count). The maximum Gasteiger partial charge on any atom is 0.317 e. The van der Waals surface area contributed by atoms with Gasteiger partial charge in [0, 0.05) is 30.7 Å². The van der Waals surface area contributed by atoms with Crippen molar-refractivity contribution in [2.75, 3.05) is 13.1 Å². The van der Waals surface area contributed by atoms with Gasteiger partial charge in [-0.15, -0.1) is 0 Å². The van der Waals surface area contributed by atoms with Crippen molar-refractivity contribution >= 4 is 23.5 Å². The van der Waals surface area contributed by atoms with Crippen LogP contribution in [-0.4, -0.2) is 36.0 Å². The van der Waals surface area contributed by atoms with Crippen LogP contribution in [0.3, 0.4) is 0 Å². The second-order valence-electron chi connectivity index (χ2n) is 6.20. The van der Waals surface area contributed by atoms with Crippen molar-refractivity contribution in [3.05, 3.63) is 34.9 Å². The van der Waals surface area contributed by atoms with E-state index >= 15 is 0 Å². The predicted octanol–water partition coefficient (Wildman–Crippen LogP) is 2.79. The van der Waals surface area contributed by atoms with E-state index in [4.69, 9.17) is 11.6 Å². The molecule has 0 saturated carbocycles. The van der Waals surface area contributed by atoms with Crippen LogP contribution >= 0.6 is 11.6 Å². The summed E-state index contributed by atoms with van der Waals surface area (Å²) in [6.07, 6.45) is 1.65. The van der Waals surface area contributed by atoms with Crippen LogP contribution < -0.4 is 10.6 Å². The Bertz CT molecular complexity index is 563. The minimum atomic E-state index is -0.163. The Hall–Kier alpha value is -1.75. The SMILES string of the molecule is CC(C)NC(=O)N1CCC[C@H](C(=O)NCc2ccccc2Cl)C1. The smallest absolute Gasteiger partial charge is 0.317 e. The van der Waals surface area contributed by atoms with Gasteiger partial charge in [0.2, 0.25) is 5.91 Å². The van der Waals surface area contributed by atoms with E-state index in [1.807, 2.05) is 38.1 Å². The van der Waals surface area contributed by atoms with E-state index in [1.165, 1.54) is 0 Å². The number of amides is 3.